The molecular formula is C8H8NO9P2-3. The van der Waals surface area contributed by atoms with Crippen molar-refractivity contribution < 1.29 is 37.6 Å². The molecule has 20 heavy (non-hydrogen) atoms. The van der Waals surface area contributed by atoms with Crippen molar-refractivity contribution in [2.24, 2.45) is 0 Å². The molecule has 0 spiro atoms. The van der Waals surface area contributed by atoms with Crippen molar-refractivity contribution in [3.05, 3.63) is 39.9 Å². The fourth-order valence-electron chi connectivity index (χ4n) is 1.31. The van der Waals surface area contributed by atoms with Crippen LogP contribution in [0.5, 0.6) is 0 Å². The van der Waals surface area contributed by atoms with Gasteiger partial charge in [0, 0.05) is 18.1 Å². The van der Waals surface area contributed by atoms with Crippen LogP contribution in [-0.2, 0) is 24.4 Å². The Kier molecular flexibility index (Phi) is 5.55. The normalized spacial score (nSPS) is 14.8. The highest BCUT2D eigenvalue weighted by atomic mass is 31.3. The molecule has 1 unspecified atom stereocenters. The maximum absolute atomic E-state index is 10.9. The summed E-state index contributed by atoms with van der Waals surface area (Å²) >= 11 is 0. The molecular weight excluding hydrogens is 316 g/mol. The van der Waals surface area contributed by atoms with Gasteiger partial charge in [-0.05, 0) is 0 Å². The maximum atomic E-state index is 10.9. The predicted molar refractivity (Wildman–Crippen MR) is 59.1 cm³/mol. The number of nitro benzene ring substituents is 1. The molecule has 0 bridgehead atoms. The van der Waals surface area contributed by atoms with Crippen LogP contribution in [0.3, 0.4) is 0 Å². The van der Waals surface area contributed by atoms with Crippen molar-refractivity contribution in [1.29, 1.82) is 0 Å². The molecule has 0 radical (unpaired) electrons. The number of nitrogens with zero attached hydrogens (tertiary/aromatic N) is 1. The van der Waals surface area contributed by atoms with Crippen LogP contribution in [0.4, 0.5) is 5.69 Å². The minimum atomic E-state index is -5.73. The number of nitro groups is 1. The van der Waals surface area contributed by atoms with Crippen LogP contribution in [-0.4, -0.2) is 11.5 Å². The number of phosphoric acid groups is 2. The molecule has 0 aliphatic carbocycles. The van der Waals surface area contributed by atoms with Gasteiger partial charge in [0.1, 0.15) is 0 Å². The Labute approximate surface area is 113 Å². The lowest BCUT2D eigenvalue weighted by Gasteiger charge is -2.35. The highest BCUT2D eigenvalue weighted by molar-refractivity contribution is 7.58. The zero-order chi connectivity index (χ0) is 15.4. The Bertz CT molecular complexity index is 583. The van der Waals surface area contributed by atoms with Crippen LogP contribution in [0.25, 0.3) is 0 Å². The fourth-order valence-corrected chi connectivity index (χ4v) is 2.80. The second-order valence-electron chi connectivity index (χ2n) is 3.45. The van der Waals surface area contributed by atoms with E-state index in [4.69, 9.17) is 0 Å². The molecule has 0 saturated carbocycles. The topological polar surface area (TPSA) is 165 Å². The highest BCUT2D eigenvalue weighted by Crippen LogP contribution is 2.50. The van der Waals surface area contributed by atoms with Crippen molar-refractivity contribution >= 4 is 21.3 Å². The number of para-hydroxylation sites is 1. The molecule has 0 fully saturated rings. The smallest absolute Gasteiger partial charge is 0.272 e. The van der Waals surface area contributed by atoms with Gasteiger partial charge in [0.15, 0.2) is 0 Å². The van der Waals surface area contributed by atoms with Crippen molar-refractivity contribution in [3.8, 4) is 0 Å². The molecule has 12 heteroatoms. The molecule has 0 amide bonds. The van der Waals surface area contributed by atoms with Gasteiger partial charge < -0.3 is 23.8 Å². The van der Waals surface area contributed by atoms with Crippen LogP contribution in [0.15, 0.2) is 24.3 Å². The Morgan fingerprint density at radius 2 is 1.75 bits per heavy atom. The minimum absolute atomic E-state index is 0.185. The van der Waals surface area contributed by atoms with Gasteiger partial charge in [-0.1, -0.05) is 18.2 Å². The molecule has 1 rings (SSSR count). The summed E-state index contributed by atoms with van der Waals surface area (Å²) < 4.78 is 28.4. The summed E-state index contributed by atoms with van der Waals surface area (Å²) in [4.78, 5) is 41.2. The van der Waals surface area contributed by atoms with E-state index in [1.54, 1.807) is 0 Å². The van der Waals surface area contributed by atoms with Crippen LogP contribution in [0, 0.1) is 10.1 Å². The molecule has 1 atom stereocenters. The monoisotopic (exact) mass is 324 g/mol. The number of benzene rings is 1. The van der Waals surface area contributed by atoms with E-state index in [0.29, 0.717) is 0 Å². The average molecular weight is 324 g/mol. The first kappa shape index (κ1) is 16.9. The summed E-state index contributed by atoms with van der Waals surface area (Å²) in [5.74, 6) is 0. The molecule has 0 aliphatic rings. The lowest BCUT2D eigenvalue weighted by atomic mass is 10.1. The van der Waals surface area contributed by atoms with E-state index in [0.717, 1.165) is 0 Å². The van der Waals surface area contributed by atoms with Gasteiger partial charge in [0.2, 0.25) is 0 Å². The summed E-state index contributed by atoms with van der Waals surface area (Å²) in [6, 6.07) is 5.52. The van der Waals surface area contributed by atoms with Crippen LogP contribution in [0.1, 0.15) is 5.56 Å². The first-order chi connectivity index (χ1) is 9.11. The van der Waals surface area contributed by atoms with Crippen molar-refractivity contribution in [2.45, 2.75) is 6.42 Å². The van der Waals surface area contributed by atoms with Crippen LogP contribution >= 0.6 is 15.6 Å². The molecule has 0 heterocycles. The molecule has 1 aromatic carbocycles. The summed E-state index contributed by atoms with van der Waals surface area (Å²) in [6.07, 6.45) is -0.186. The third-order valence-electron chi connectivity index (χ3n) is 2.01. The van der Waals surface area contributed by atoms with E-state index in [2.05, 4.69) is 8.83 Å². The third kappa shape index (κ3) is 5.89. The lowest BCUT2D eigenvalue weighted by Crippen LogP contribution is -2.19. The van der Waals surface area contributed by atoms with Crippen molar-refractivity contribution in [1.82, 2.24) is 0 Å². The molecule has 10 nitrogen and oxygen atoms in total. The van der Waals surface area contributed by atoms with Gasteiger partial charge >= 0.3 is 0 Å². The number of hydrogen-bond donors (Lipinski definition) is 0. The van der Waals surface area contributed by atoms with Gasteiger partial charge in [-0.25, -0.2) is 0 Å². The fraction of sp³-hybridized carbons (Fsp3) is 0.250. The standard InChI is InChI=1S/C8H11NO9P2/c10-9(11)8-4-2-1-3-7(8)5-6-17-20(15,16)18-19(12,13)14/h1-4H,5-6H2,(H,15,16)(H2,12,13,14)/p-3. The molecule has 0 aliphatic heterocycles. The minimum Gasteiger partial charge on any atom is -0.790 e. The number of hydrogen-bond acceptors (Lipinski definition) is 9. The quantitative estimate of drug-likeness (QED) is 0.364. The van der Waals surface area contributed by atoms with E-state index >= 15 is 0 Å². The van der Waals surface area contributed by atoms with Crippen molar-refractivity contribution in [3.63, 3.8) is 0 Å². The Morgan fingerprint density at radius 3 is 2.30 bits per heavy atom. The Hall–Kier alpha value is -1.12. The van der Waals surface area contributed by atoms with Crippen LogP contribution < -0.4 is 14.7 Å². The predicted octanol–water partition coefficient (Wildman–Crippen LogP) is -0.532. The molecule has 1 aromatic rings. The number of phosphoric ester groups is 1. The SMILES string of the molecule is O=[N+]([O-])c1ccccc1CCOP(=O)([O-])OP(=O)([O-])[O-]. The van der Waals surface area contributed by atoms with E-state index in [9.17, 15) is 33.9 Å². The maximum Gasteiger partial charge on any atom is 0.272 e. The third-order valence-corrected chi connectivity index (χ3v) is 4.11. The first-order valence-electron chi connectivity index (χ1n) is 5.02. The summed E-state index contributed by atoms with van der Waals surface area (Å²) in [5.41, 5.74) is -0.0546. The average Bonchev–Trinajstić information content (AvgIpc) is 2.25. The largest absolute Gasteiger partial charge is 0.790 e. The van der Waals surface area contributed by atoms with Gasteiger partial charge in [0.05, 0.1) is 19.4 Å². The highest BCUT2D eigenvalue weighted by Gasteiger charge is 2.15. The molecule has 0 aromatic heterocycles. The van der Waals surface area contributed by atoms with Gasteiger partial charge in [-0.15, -0.1) is 0 Å². The molecule has 0 saturated heterocycles. The zero-order valence-electron chi connectivity index (χ0n) is 9.74. The van der Waals surface area contributed by atoms with Gasteiger partial charge in [-0.3, -0.25) is 19.0 Å². The second kappa shape index (κ2) is 6.55. The summed E-state index contributed by atoms with van der Waals surface area (Å²) in [5, 5.41) is 10.7. The summed E-state index contributed by atoms with van der Waals surface area (Å²) in [6.45, 7) is -0.606. The Balaban J connectivity index is 2.63. The van der Waals surface area contributed by atoms with E-state index < -0.39 is 27.2 Å². The molecule has 0 N–H and O–H groups in total. The van der Waals surface area contributed by atoms with E-state index in [1.165, 1.54) is 24.3 Å². The second-order valence-corrected chi connectivity index (χ2v) is 6.15. The van der Waals surface area contributed by atoms with Gasteiger partial charge in [-0.2, -0.15) is 0 Å². The molecule has 112 valence electrons. The summed E-state index contributed by atoms with van der Waals surface area (Å²) in [7, 11) is -11.0. The van der Waals surface area contributed by atoms with E-state index in [-0.39, 0.29) is 17.7 Å². The zero-order valence-corrected chi connectivity index (χ0v) is 11.5. The van der Waals surface area contributed by atoms with Gasteiger partial charge in [0.25, 0.3) is 13.5 Å². The van der Waals surface area contributed by atoms with Crippen LogP contribution in [0.2, 0.25) is 0 Å². The van der Waals surface area contributed by atoms with Crippen molar-refractivity contribution in [2.75, 3.05) is 6.61 Å². The Morgan fingerprint density at radius 1 is 1.15 bits per heavy atom. The van der Waals surface area contributed by atoms with E-state index in [1.807, 2.05) is 0 Å². The lowest BCUT2D eigenvalue weighted by molar-refractivity contribution is -0.385. The first-order valence-corrected chi connectivity index (χ1v) is 7.94. The number of rotatable bonds is 7.